The Labute approximate surface area is 151 Å². The van der Waals surface area contributed by atoms with Crippen LogP contribution in [0.1, 0.15) is 66.2 Å². The SMILES string of the molecule is COC(=O)[C@]1(C)CCC[C@]2(C)[C@H]3C[C@@H](O)C(C(C)C)=C[C@@]3(O)CC[C@H]21. The molecule has 2 fully saturated rings. The van der Waals surface area contributed by atoms with Gasteiger partial charge in [-0.15, -0.1) is 0 Å². The Morgan fingerprint density at radius 1 is 1.24 bits per heavy atom. The molecule has 0 aromatic carbocycles. The van der Waals surface area contributed by atoms with Crippen LogP contribution in [0, 0.1) is 28.6 Å². The minimum atomic E-state index is -0.863. The molecule has 2 N–H and O–H groups in total. The third kappa shape index (κ3) is 2.68. The fourth-order valence-corrected chi connectivity index (χ4v) is 6.52. The van der Waals surface area contributed by atoms with Crippen LogP contribution in [-0.4, -0.2) is 35.0 Å². The van der Waals surface area contributed by atoms with E-state index in [0.29, 0.717) is 12.8 Å². The molecule has 25 heavy (non-hydrogen) atoms. The fraction of sp³-hybridized carbons (Fsp3) is 0.857. The van der Waals surface area contributed by atoms with Crippen molar-refractivity contribution in [2.75, 3.05) is 7.11 Å². The molecule has 6 atom stereocenters. The van der Waals surface area contributed by atoms with Crippen LogP contribution in [0.5, 0.6) is 0 Å². The van der Waals surface area contributed by atoms with Crippen LogP contribution in [0.15, 0.2) is 11.6 Å². The number of hydrogen-bond acceptors (Lipinski definition) is 4. The summed E-state index contributed by atoms with van der Waals surface area (Å²) in [5, 5.41) is 22.2. The summed E-state index contributed by atoms with van der Waals surface area (Å²) in [6.45, 7) is 8.41. The first-order valence-corrected chi connectivity index (χ1v) is 9.80. The normalized spacial score (nSPS) is 46.9. The monoisotopic (exact) mass is 350 g/mol. The van der Waals surface area contributed by atoms with Crippen molar-refractivity contribution >= 4 is 5.97 Å². The van der Waals surface area contributed by atoms with Crippen LogP contribution < -0.4 is 0 Å². The second kappa shape index (κ2) is 6.09. The Kier molecular flexibility index (Phi) is 4.61. The summed E-state index contributed by atoms with van der Waals surface area (Å²) < 4.78 is 5.15. The van der Waals surface area contributed by atoms with Gasteiger partial charge < -0.3 is 14.9 Å². The summed E-state index contributed by atoms with van der Waals surface area (Å²) >= 11 is 0. The highest BCUT2D eigenvalue weighted by molar-refractivity contribution is 5.77. The van der Waals surface area contributed by atoms with Gasteiger partial charge in [0.15, 0.2) is 0 Å². The van der Waals surface area contributed by atoms with Gasteiger partial charge >= 0.3 is 5.97 Å². The average Bonchev–Trinajstić information content (AvgIpc) is 2.54. The lowest BCUT2D eigenvalue weighted by Crippen LogP contribution is -2.62. The van der Waals surface area contributed by atoms with E-state index in [9.17, 15) is 15.0 Å². The number of carbonyl (C=O) groups is 1. The first-order valence-electron chi connectivity index (χ1n) is 9.80. The van der Waals surface area contributed by atoms with Crippen molar-refractivity contribution in [2.24, 2.45) is 28.6 Å². The molecule has 0 saturated heterocycles. The molecule has 0 heterocycles. The zero-order valence-corrected chi connectivity index (χ0v) is 16.3. The number of aliphatic hydroxyl groups excluding tert-OH is 1. The summed E-state index contributed by atoms with van der Waals surface area (Å²) in [4.78, 5) is 12.6. The highest BCUT2D eigenvalue weighted by atomic mass is 16.5. The summed E-state index contributed by atoms with van der Waals surface area (Å²) in [5.41, 5.74) is -0.546. The minimum Gasteiger partial charge on any atom is -0.469 e. The van der Waals surface area contributed by atoms with Gasteiger partial charge in [0.1, 0.15) is 0 Å². The average molecular weight is 350 g/mol. The van der Waals surface area contributed by atoms with Gasteiger partial charge in [0, 0.05) is 0 Å². The summed E-state index contributed by atoms with van der Waals surface area (Å²) in [6.07, 6.45) is 6.34. The number of hydrogen-bond donors (Lipinski definition) is 2. The van der Waals surface area contributed by atoms with E-state index in [1.54, 1.807) is 0 Å². The predicted octanol–water partition coefficient (Wildman–Crippen LogP) is 3.46. The molecule has 0 amide bonds. The van der Waals surface area contributed by atoms with Gasteiger partial charge in [-0.1, -0.05) is 33.3 Å². The van der Waals surface area contributed by atoms with Crippen molar-refractivity contribution in [3.63, 3.8) is 0 Å². The Hall–Kier alpha value is -0.870. The quantitative estimate of drug-likeness (QED) is 0.591. The number of esters is 1. The summed E-state index contributed by atoms with van der Waals surface area (Å²) in [6, 6.07) is 0. The van der Waals surface area contributed by atoms with Crippen molar-refractivity contribution in [3.8, 4) is 0 Å². The lowest BCUT2D eigenvalue weighted by atomic mass is 9.43. The van der Waals surface area contributed by atoms with E-state index in [4.69, 9.17) is 4.74 Å². The molecule has 0 radical (unpaired) electrons. The van der Waals surface area contributed by atoms with Crippen LogP contribution >= 0.6 is 0 Å². The third-order valence-electron chi connectivity index (χ3n) is 7.79. The van der Waals surface area contributed by atoms with Gasteiger partial charge in [-0.05, 0) is 67.8 Å². The van der Waals surface area contributed by atoms with Crippen LogP contribution in [0.3, 0.4) is 0 Å². The highest BCUT2D eigenvalue weighted by Gasteiger charge is 2.63. The van der Waals surface area contributed by atoms with Gasteiger partial charge in [0.2, 0.25) is 0 Å². The summed E-state index contributed by atoms with van der Waals surface area (Å²) in [7, 11) is 1.47. The topological polar surface area (TPSA) is 66.8 Å². The maximum atomic E-state index is 12.6. The number of rotatable bonds is 2. The second-order valence-electron chi connectivity index (χ2n) is 9.45. The Morgan fingerprint density at radius 3 is 2.52 bits per heavy atom. The molecule has 3 rings (SSSR count). The maximum absolute atomic E-state index is 12.6. The molecule has 3 aliphatic rings. The molecule has 0 unspecified atom stereocenters. The van der Waals surface area contributed by atoms with Crippen LogP contribution in [-0.2, 0) is 9.53 Å². The lowest BCUT2D eigenvalue weighted by Gasteiger charge is -2.62. The zero-order chi connectivity index (χ0) is 18.6. The Morgan fingerprint density at radius 2 is 1.92 bits per heavy atom. The predicted molar refractivity (Wildman–Crippen MR) is 96.8 cm³/mol. The third-order valence-corrected chi connectivity index (χ3v) is 7.79. The molecule has 3 aliphatic carbocycles. The molecule has 4 heteroatoms. The Bertz CT molecular complexity index is 582. The van der Waals surface area contributed by atoms with E-state index in [0.717, 1.165) is 31.3 Å². The van der Waals surface area contributed by atoms with Crippen molar-refractivity contribution < 1.29 is 19.7 Å². The maximum Gasteiger partial charge on any atom is 0.311 e. The van der Waals surface area contributed by atoms with Gasteiger partial charge in [0.25, 0.3) is 0 Å². The molecule has 0 aliphatic heterocycles. The second-order valence-corrected chi connectivity index (χ2v) is 9.45. The largest absolute Gasteiger partial charge is 0.469 e. The van der Waals surface area contributed by atoms with E-state index in [-0.39, 0.29) is 29.1 Å². The van der Waals surface area contributed by atoms with E-state index in [2.05, 4.69) is 20.8 Å². The molecule has 4 nitrogen and oxygen atoms in total. The van der Waals surface area contributed by atoms with Crippen LogP contribution in [0.2, 0.25) is 0 Å². The first kappa shape index (κ1) is 18.9. The molecule has 0 bridgehead atoms. The molecule has 0 aromatic heterocycles. The minimum absolute atomic E-state index is 0.0134. The number of methoxy groups -OCH3 is 1. The van der Waals surface area contributed by atoms with Gasteiger partial charge in [0.05, 0.1) is 24.2 Å². The van der Waals surface area contributed by atoms with Crippen molar-refractivity contribution in [1.82, 2.24) is 0 Å². The molecule has 2 saturated carbocycles. The highest BCUT2D eigenvalue weighted by Crippen LogP contribution is 2.64. The molecule has 142 valence electrons. The smallest absolute Gasteiger partial charge is 0.311 e. The molecular weight excluding hydrogens is 316 g/mol. The molecular formula is C21H34O4. The first-order chi connectivity index (χ1) is 11.6. The number of aliphatic hydroxyl groups is 2. The van der Waals surface area contributed by atoms with Crippen molar-refractivity contribution in [3.05, 3.63) is 11.6 Å². The van der Waals surface area contributed by atoms with Crippen molar-refractivity contribution in [1.29, 1.82) is 0 Å². The standard InChI is InChI=1S/C21H34O4/c1-13(2)14-12-21(24)10-7-16-19(3,17(21)11-15(14)22)8-6-9-20(16,4)18(23)25-5/h12-13,15-17,22,24H,6-11H2,1-5H3/t15-,16-,17-,19+,20-,21+/m1/s1. The van der Waals surface area contributed by atoms with Gasteiger partial charge in [-0.3, -0.25) is 4.79 Å². The van der Waals surface area contributed by atoms with E-state index in [1.165, 1.54) is 7.11 Å². The zero-order valence-electron chi connectivity index (χ0n) is 16.3. The molecule has 0 spiro atoms. The molecule has 0 aromatic rings. The van der Waals surface area contributed by atoms with Crippen molar-refractivity contribution in [2.45, 2.75) is 77.9 Å². The number of carbonyl (C=O) groups excluding carboxylic acids is 1. The van der Waals surface area contributed by atoms with E-state index >= 15 is 0 Å². The Balaban J connectivity index is 2.02. The van der Waals surface area contributed by atoms with Gasteiger partial charge in [-0.25, -0.2) is 0 Å². The van der Waals surface area contributed by atoms with Gasteiger partial charge in [-0.2, -0.15) is 0 Å². The van der Waals surface area contributed by atoms with E-state index in [1.807, 2.05) is 13.0 Å². The number of ether oxygens (including phenoxy) is 1. The lowest BCUT2D eigenvalue weighted by molar-refractivity contribution is -0.192. The van der Waals surface area contributed by atoms with Crippen LogP contribution in [0.25, 0.3) is 0 Å². The van der Waals surface area contributed by atoms with Crippen LogP contribution in [0.4, 0.5) is 0 Å². The fourth-order valence-electron chi connectivity index (χ4n) is 6.52. The van der Waals surface area contributed by atoms with E-state index < -0.39 is 17.1 Å². The summed E-state index contributed by atoms with van der Waals surface area (Å²) in [5.74, 6) is 0.286. The number of fused-ring (bicyclic) bond motifs is 3.